The zero-order valence-electron chi connectivity index (χ0n) is 14.4. The monoisotopic (exact) mass is 377 g/mol. The Morgan fingerprint density at radius 1 is 1.29 bits per heavy atom. The molecule has 0 atom stereocenters. The van der Waals surface area contributed by atoms with Crippen molar-refractivity contribution in [1.29, 1.82) is 0 Å². The number of anilines is 1. The molecule has 0 heterocycles. The van der Waals surface area contributed by atoms with Gasteiger partial charge < -0.3 is 15.0 Å². The van der Waals surface area contributed by atoms with Gasteiger partial charge in [-0.2, -0.15) is 4.31 Å². The van der Waals surface area contributed by atoms with E-state index in [1.165, 1.54) is 7.11 Å². The highest BCUT2D eigenvalue weighted by Crippen LogP contribution is 2.27. The van der Waals surface area contributed by atoms with Gasteiger partial charge in [0.05, 0.1) is 25.6 Å². The first-order valence-electron chi connectivity index (χ1n) is 7.36. The summed E-state index contributed by atoms with van der Waals surface area (Å²) in [5, 5.41) is 3.08. The number of methoxy groups -OCH3 is 1. The van der Waals surface area contributed by atoms with E-state index in [2.05, 4.69) is 5.32 Å². The fraction of sp³-hybridized carbons (Fsp3) is 0.533. The minimum absolute atomic E-state index is 0.262. The summed E-state index contributed by atoms with van der Waals surface area (Å²) in [6.07, 6.45) is 1.73. The molecule has 1 aromatic carbocycles. The molecule has 0 aliphatic heterocycles. The second-order valence-electron chi connectivity index (χ2n) is 5.65. The number of carbonyl (C=O) groups is 1. The molecule has 0 aromatic heterocycles. The average Bonchev–Trinajstić information content (AvgIpc) is 2.45. The fourth-order valence-electron chi connectivity index (χ4n) is 2.05. The van der Waals surface area contributed by atoms with Crippen LogP contribution in [0.15, 0.2) is 18.2 Å². The molecule has 24 heavy (non-hydrogen) atoms. The van der Waals surface area contributed by atoms with Gasteiger partial charge in [-0.05, 0) is 45.3 Å². The van der Waals surface area contributed by atoms with Gasteiger partial charge in [-0.15, -0.1) is 0 Å². The molecule has 1 amide bonds. The number of nitrogens with zero attached hydrogens (tertiary/aromatic N) is 2. The molecule has 1 rings (SSSR count). The number of rotatable bonds is 9. The summed E-state index contributed by atoms with van der Waals surface area (Å²) < 4.78 is 30.0. The Morgan fingerprint density at radius 3 is 2.50 bits per heavy atom. The highest BCUT2D eigenvalue weighted by Gasteiger charge is 2.20. The van der Waals surface area contributed by atoms with Crippen LogP contribution in [0.2, 0.25) is 5.02 Å². The Kier molecular flexibility index (Phi) is 7.95. The molecular weight excluding hydrogens is 354 g/mol. The van der Waals surface area contributed by atoms with Gasteiger partial charge >= 0.3 is 0 Å². The molecule has 136 valence electrons. The number of hydrogen-bond donors (Lipinski definition) is 1. The van der Waals surface area contributed by atoms with E-state index >= 15 is 0 Å². The number of sulfonamides is 1. The van der Waals surface area contributed by atoms with Crippen LogP contribution in [0.1, 0.15) is 6.42 Å². The van der Waals surface area contributed by atoms with Crippen LogP contribution in [-0.2, 0) is 14.8 Å². The van der Waals surface area contributed by atoms with E-state index in [1.54, 1.807) is 18.2 Å². The van der Waals surface area contributed by atoms with E-state index in [-0.39, 0.29) is 13.1 Å². The second kappa shape index (κ2) is 9.22. The van der Waals surface area contributed by atoms with E-state index in [0.29, 0.717) is 22.9 Å². The zero-order chi connectivity index (χ0) is 18.3. The smallest absolute Gasteiger partial charge is 0.239 e. The summed E-state index contributed by atoms with van der Waals surface area (Å²) in [4.78, 5) is 14.2. The lowest BCUT2D eigenvalue weighted by molar-refractivity contribution is -0.116. The van der Waals surface area contributed by atoms with Gasteiger partial charge in [-0.1, -0.05) is 11.6 Å². The van der Waals surface area contributed by atoms with Crippen molar-refractivity contribution in [1.82, 2.24) is 9.21 Å². The molecular formula is C15H24ClN3O4S. The summed E-state index contributed by atoms with van der Waals surface area (Å²) in [6, 6.07) is 4.82. The van der Waals surface area contributed by atoms with Gasteiger partial charge in [0, 0.05) is 11.6 Å². The average molecular weight is 378 g/mol. The summed E-state index contributed by atoms with van der Waals surface area (Å²) in [5.74, 6) is -0.00268. The predicted molar refractivity (Wildman–Crippen MR) is 96.2 cm³/mol. The maximum absolute atomic E-state index is 12.2. The molecule has 0 bridgehead atoms. The standard InChI is InChI=1S/C15H24ClN3O4S/c1-18(2)8-5-9-19(24(4,21)22)11-15(20)17-13-10-12(16)6-7-14(13)23-3/h6-7,10H,5,8-9,11H2,1-4H3,(H,17,20). The van der Waals surface area contributed by atoms with E-state index in [1.807, 2.05) is 19.0 Å². The van der Waals surface area contributed by atoms with Crippen molar-refractivity contribution in [2.45, 2.75) is 6.42 Å². The molecule has 0 spiro atoms. The number of nitrogens with one attached hydrogen (secondary N) is 1. The molecule has 1 N–H and O–H groups in total. The van der Waals surface area contributed by atoms with Gasteiger partial charge in [0.25, 0.3) is 0 Å². The maximum Gasteiger partial charge on any atom is 0.239 e. The van der Waals surface area contributed by atoms with Crippen molar-refractivity contribution in [3.05, 3.63) is 23.2 Å². The third kappa shape index (κ3) is 7.04. The van der Waals surface area contributed by atoms with Crippen molar-refractivity contribution in [2.24, 2.45) is 0 Å². The van der Waals surface area contributed by atoms with E-state index in [0.717, 1.165) is 17.1 Å². The van der Waals surface area contributed by atoms with Gasteiger partial charge in [-0.3, -0.25) is 4.79 Å². The summed E-state index contributed by atoms with van der Waals surface area (Å²) >= 11 is 5.92. The normalized spacial score (nSPS) is 11.8. The summed E-state index contributed by atoms with van der Waals surface area (Å²) in [5.41, 5.74) is 0.400. The summed E-state index contributed by atoms with van der Waals surface area (Å²) in [6.45, 7) is 0.745. The number of hydrogen-bond acceptors (Lipinski definition) is 5. The van der Waals surface area contributed by atoms with Crippen LogP contribution in [0.4, 0.5) is 5.69 Å². The number of benzene rings is 1. The largest absolute Gasteiger partial charge is 0.495 e. The highest BCUT2D eigenvalue weighted by atomic mass is 35.5. The molecule has 0 saturated carbocycles. The first kappa shape index (κ1) is 20.7. The van der Waals surface area contributed by atoms with Crippen LogP contribution in [0, 0.1) is 0 Å². The quantitative estimate of drug-likeness (QED) is 0.705. The highest BCUT2D eigenvalue weighted by molar-refractivity contribution is 7.88. The number of ether oxygens (including phenoxy) is 1. The Balaban J connectivity index is 2.76. The van der Waals surface area contributed by atoms with Crippen LogP contribution in [-0.4, -0.2) is 70.6 Å². The molecule has 9 heteroatoms. The minimum Gasteiger partial charge on any atom is -0.495 e. The summed E-state index contributed by atoms with van der Waals surface area (Å²) in [7, 11) is 1.81. The van der Waals surface area contributed by atoms with Crippen LogP contribution in [0.25, 0.3) is 0 Å². The Hall–Kier alpha value is -1.35. The molecule has 0 aliphatic rings. The van der Waals surface area contributed by atoms with Gasteiger partial charge in [0.2, 0.25) is 15.9 Å². The predicted octanol–water partition coefficient (Wildman–Crippen LogP) is 1.50. The Bertz CT molecular complexity index is 665. The number of halogens is 1. The zero-order valence-corrected chi connectivity index (χ0v) is 15.9. The Labute approximate surface area is 148 Å². The lowest BCUT2D eigenvalue weighted by Crippen LogP contribution is -2.38. The SMILES string of the molecule is COc1ccc(Cl)cc1NC(=O)CN(CCCN(C)C)S(C)(=O)=O. The molecule has 0 aliphatic carbocycles. The van der Waals surface area contributed by atoms with Crippen LogP contribution in [0.5, 0.6) is 5.75 Å². The lowest BCUT2D eigenvalue weighted by Gasteiger charge is -2.21. The third-order valence-electron chi connectivity index (χ3n) is 3.24. The number of carbonyl (C=O) groups excluding carboxylic acids is 1. The van der Waals surface area contributed by atoms with E-state index in [9.17, 15) is 13.2 Å². The first-order chi connectivity index (χ1) is 11.1. The van der Waals surface area contributed by atoms with E-state index < -0.39 is 15.9 Å². The second-order valence-corrected chi connectivity index (χ2v) is 8.07. The molecule has 0 saturated heterocycles. The minimum atomic E-state index is -3.48. The van der Waals surface area contributed by atoms with Crippen LogP contribution >= 0.6 is 11.6 Å². The number of amides is 1. The molecule has 1 aromatic rings. The van der Waals surface area contributed by atoms with Crippen LogP contribution < -0.4 is 10.1 Å². The van der Waals surface area contributed by atoms with E-state index in [4.69, 9.17) is 16.3 Å². The fourth-order valence-corrected chi connectivity index (χ4v) is 3.04. The Morgan fingerprint density at radius 2 is 1.96 bits per heavy atom. The first-order valence-corrected chi connectivity index (χ1v) is 9.59. The maximum atomic E-state index is 12.2. The molecule has 0 fully saturated rings. The van der Waals surface area contributed by atoms with Crippen molar-refractivity contribution >= 4 is 33.2 Å². The van der Waals surface area contributed by atoms with Crippen molar-refractivity contribution in [2.75, 3.05) is 52.4 Å². The lowest BCUT2D eigenvalue weighted by atomic mass is 10.3. The van der Waals surface area contributed by atoms with Gasteiger partial charge in [-0.25, -0.2) is 8.42 Å². The molecule has 0 radical (unpaired) electrons. The van der Waals surface area contributed by atoms with Crippen LogP contribution in [0.3, 0.4) is 0 Å². The van der Waals surface area contributed by atoms with Crippen molar-refractivity contribution in [3.63, 3.8) is 0 Å². The third-order valence-corrected chi connectivity index (χ3v) is 4.72. The molecule has 7 nitrogen and oxygen atoms in total. The van der Waals surface area contributed by atoms with Crippen molar-refractivity contribution < 1.29 is 17.9 Å². The van der Waals surface area contributed by atoms with Gasteiger partial charge in [0.1, 0.15) is 5.75 Å². The molecule has 0 unspecified atom stereocenters. The van der Waals surface area contributed by atoms with Crippen molar-refractivity contribution in [3.8, 4) is 5.75 Å². The van der Waals surface area contributed by atoms with Gasteiger partial charge in [0.15, 0.2) is 0 Å². The topological polar surface area (TPSA) is 79.0 Å².